The third kappa shape index (κ3) is 3.59. The Morgan fingerprint density at radius 2 is 2.07 bits per heavy atom. The highest BCUT2D eigenvalue weighted by molar-refractivity contribution is 7.17. The van der Waals surface area contributed by atoms with Crippen LogP contribution in [0.15, 0.2) is 42.3 Å². The van der Waals surface area contributed by atoms with Crippen LogP contribution in [0.2, 0.25) is 0 Å². The maximum Gasteiger partial charge on any atom is 0.176 e. The van der Waals surface area contributed by atoms with Crippen LogP contribution in [0.25, 0.3) is 21.6 Å². The molecule has 146 valence electrons. The van der Waals surface area contributed by atoms with Crippen LogP contribution < -0.4 is 16.0 Å². The Hall–Kier alpha value is -3.24. The number of nitrogens with one attached hydrogen (secondary N) is 3. The van der Waals surface area contributed by atoms with Gasteiger partial charge in [-0.3, -0.25) is 4.98 Å². The van der Waals surface area contributed by atoms with Crippen LogP contribution in [-0.2, 0) is 0 Å². The summed E-state index contributed by atoms with van der Waals surface area (Å²) in [6, 6.07) is 3.78. The zero-order valence-electron chi connectivity index (χ0n) is 15.3. The zero-order chi connectivity index (χ0) is 19.6. The van der Waals surface area contributed by atoms with Crippen LogP contribution in [-0.4, -0.2) is 44.1 Å². The van der Waals surface area contributed by atoms with Crippen molar-refractivity contribution in [2.24, 2.45) is 0 Å². The minimum atomic E-state index is -0.541. The molecule has 1 aliphatic heterocycles. The molecule has 4 aromatic heterocycles. The molecule has 0 amide bonds. The number of rotatable bonds is 5. The number of nitrogens with zero attached hydrogens (tertiary/aromatic N) is 5. The third-order valence-electron chi connectivity index (χ3n) is 4.64. The minimum absolute atomic E-state index is 0.0477. The van der Waals surface area contributed by atoms with E-state index in [1.54, 1.807) is 23.6 Å². The van der Waals surface area contributed by atoms with Gasteiger partial charge in [0.2, 0.25) is 0 Å². The first-order valence-electron chi connectivity index (χ1n) is 9.18. The molecule has 1 fully saturated rings. The molecular weight excluding hydrogens is 391 g/mol. The second-order valence-corrected chi connectivity index (χ2v) is 7.52. The van der Waals surface area contributed by atoms with E-state index in [0.717, 1.165) is 35.5 Å². The first-order chi connectivity index (χ1) is 14.3. The summed E-state index contributed by atoms with van der Waals surface area (Å²) in [4.78, 5) is 21.4. The smallest absolute Gasteiger partial charge is 0.176 e. The summed E-state index contributed by atoms with van der Waals surface area (Å²) >= 11 is 1.57. The summed E-state index contributed by atoms with van der Waals surface area (Å²) in [5, 5.41) is 11.6. The largest absolute Gasteiger partial charge is 0.365 e. The number of pyridine rings is 1. The number of anilines is 3. The molecule has 0 spiro atoms. The molecule has 8 nitrogen and oxygen atoms in total. The topological polar surface area (TPSA) is 101 Å². The van der Waals surface area contributed by atoms with Gasteiger partial charge >= 0.3 is 0 Å². The van der Waals surface area contributed by atoms with E-state index in [1.807, 2.05) is 11.4 Å². The van der Waals surface area contributed by atoms with Gasteiger partial charge in [-0.05, 0) is 30.5 Å². The van der Waals surface area contributed by atoms with Crippen LogP contribution >= 0.6 is 11.3 Å². The second-order valence-electron chi connectivity index (χ2n) is 6.60. The van der Waals surface area contributed by atoms with Crippen molar-refractivity contribution in [3.05, 3.63) is 48.1 Å². The van der Waals surface area contributed by atoms with E-state index in [9.17, 15) is 0 Å². The van der Waals surface area contributed by atoms with Gasteiger partial charge in [0, 0.05) is 31.2 Å². The van der Waals surface area contributed by atoms with Crippen LogP contribution in [0, 0.1) is 5.82 Å². The molecule has 10 heteroatoms. The molecule has 1 atom stereocenters. The van der Waals surface area contributed by atoms with Gasteiger partial charge in [0.05, 0.1) is 22.0 Å². The molecule has 5 rings (SSSR count). The fraction of sp³-hybridized carbons (Fsp3) is 0.211. The summed E-state index contributed by atoms with van der Waals surface area (Å²) in [5.41, 5.74) is 1.06. The predicted octanol–water partition coefficient (Wildman–Crippen LogP) is 3.20. The highest BCUT2D eigenvalue weighted by Gasteiger charge is 2.20. The van der Waals surface area contributed by atoms with Gasteiger partial charge in [0.15, 0.2) is 17.5 Å². The highest BCUT2D eigenvalue weighted by atomic mass is 32.1. The van der Waals surface area contributed by atoms with Gasteiger partial charge in [-0.2, -0.15) is 0 Å². The lowest BCUT2D eigenvalue weighted by Crippen LogP contribution is -2.23. The van der Waals surface area contributed by atoms with E-state index in [0.29, 0.717) is 17.7 Å². The van der Waals surface area contributed by atoms with Gasteiger partial charge in [-0.25, -0.2) is 24.3 Å². The average Bonchev–Trinajstić information content (AvgIpc) is 3.42. The van der Waals surface area contributed by atoms with E-state index in [2.05, 4.69) is 40.9 Å². The number of thiophene rings is 1. The first kappa shape index (κ1) is 17.8. The van der Waals surface area contributed by atoms with Gasteiger partial charge in [0.1, 0.15) is 11.6 Å². The number of hydrogen-bond donors (Lipinski definition) is 3. The maximum atomic E-state index is 15.2. The molecule has 4 aromatic rings. The Kier molecular flexibility index (Phi) is 4.70. The van der Waals surface area contributed by atoms with Crippen LogP contribution in [0.1, 0.15) is 6.42 Å². The molecule has 0 radical (unpaired) electrons. The summed E-state index contributed by atoms with van der Waals surface area (Å²) in [6.45, 7) is 1.85. The van der Waals surface area contributed by atoms with E-state index < -0.39 is 5.82 Å². The van der Waals surface area contributed by atoms with Gasteiger partial charge in [-0.15, -0.1) is 11.3 Å². The Morgan fingerprint density at radius 3 is 2.90 bits per heavy atom. The molecule has 1 aliphatic rings. The zero-order valence-corrected chi connectivity index (χ0v) is 16.1. The van der Waals surface area contributed by atoms with Crippen LogP contribution in [0.4, 0.5) is 21.8 Å². The molecule has 0 aliphatic carbocycles. The molecule has 1 saturated heterocycles. The van der Waals surface area contributed by atoms with E-state index in [1.165, 1.54) is 18.6 Å². The first-order valence-corrected chi connectivity index (χ1v) is 10.1. The Labute approximate surface area is 169 Å². The Morgan fingerprint density at radius 1 is 1.10 bits per heavy atom. The van der Waals surface area contributed by atoms with Crippen molar-refractivity contribution in [3.8, 4) is 11.4 Å². The van der Waals surface area contributed by atoms with Gasteiger partial charge in [-0.1, -0.05) is 0 Å². The quantitative estimate of drug-likeness (QED) is 0.463. The molecule has 5 heterocycles. The molecule has 29 heavy (non-hydrogen) atoms. The van der Waals surface area contributed by atoms with Gasteiger partial charge in [0.25, 0.3) is 0 Å². The van der Waals surface area contributed by atoms with Crippen molar-refractivity contribution in [1.29, 1.82) is 0 Å². The van der Waals surface area contributed by atoms with Crippen molar-refractivity contribution < 1.29 is 4.39 Å². The SMILES string of the molecule is Fc1c(-c2nc(N[C@@H]3CCNC3)c3sccc3n2)ccnc1Nc1cnccn1. The molecule has 0 saturated carbocycles. The van der Waals surface area contributed by atoms with Gasteiger partial charge < -0.3 is 16.0 Å². The fourth-order valence-corrected chi connectivity index (χ4v) is 4.03. The van der Waals surface area contributed by atoms with Crippen molar-refractivity contribution in [1.82, 2.24) is 30.2 Å². The molecular formula is C19H17FN8S. The monoisotopic (exact) mass is 408 g/mol. The summed E-state index contributed by atoms with van der Waals surface area (Å²) in [6.07, 6.45) is 7.10. The lowest BCUT2D eigenvalue weighted by atomic mass is 10.2. The lowest BCUT2D eigenvalue weighted by molar-refractivity contribution is 0.628. The van der Waals surface area contributed by atoms with Crippen molar-refractivity contribution >= 4 is 39.0 Å². The third-order valence-corrected chi connectivity index (χ3v) is 5.55. The summed E-state index contributed by atoms with van der Waals surface area (Å²) < 4.78 is 16.2. The van der Waals surface area contributed by atoms with Crippen molar-refractivity contribution in [2.45, 2.75) is 12.5 Å². The Bertz CT molecular complexity index is 1140. The average molecular weight is 408 g/mol. The van der Waals surface area contributed by atoms with E-state index >= 15 is 4.39 Å². The Balaban J connectivity index is 1.54. The highest BCUT2D eigenvalue weighted by Crippen LogP contribution is 2.32. The number of aromatic nitrogens is 5. The van der Waals surface area contributed by atoms with Crippen LogP contribution in [0.3, 0.4) is 0 Å². The van der Waals surface area contributed by atoms with E-state index in [4.69, 9.17) is 0 Å². The standard InChI is InChI=1S/C19H17FN8S/c20-15-12(2-5-24-18(15)27-14-10-22-6-7-23-14)17-26-13-3-8-29-16(13)19(28-17)25-11-1-4-21-9-11/h2-3,5-8,10-11,21H,1,4,9H2,(H,23,24,27)(H,25,26,28)/t11-/m1/s1. The lowest BCUT2D eigenvalue weighted by Gasteiger charge is -2.14. The van der Waals surface area contributed by atoms with Crippen LogP contribution in [0.5, 0.6) is 0 Å². The summed E-state index contributed by atoms with van der Waals surface area (Å²) in [7, 11) is 0. The molecule has 3 N–H and O–H groups in total. The second kappa shape index (κ2) is 7.64. The predicted molar refractivity (Wildman–Crippen MR) is 111 cm³/mol. The van der Waals surface area contributed by atoms with E-state index in [-0.39, 0.29) is 11.4 Å². The minimum Gasteiger partial charge on any atom is -0.365 e. The number of hydrogen-bond acceptors (Lipinski definition) is 9. The number of halogens is 1. The van der Waals surface area contributed by atoms with Crippen molar-refractivity contribution in [2.75, 3.05) is 23.7 Å². The normalized spacial score (nSPS) is 16.2. The number of fused-ring (bicyclic) bond motifs is 1. The molecule has 0 aromatic carbocycles. The fourth-order valence-electron chi connectivity index (χ4n) is 3.24. The molecule has 0 bridgehead atoms. The maximum absolute atomic E-state index is 15.2. The van der Waals surface area contributed by atoms with Crippen molar-refractivity contribution in [3.63, 3.8) is 0 Å². The molecule has 0 unspecified atom stereocenters. The summed E-state index contributed by atoms with van der Waals surface area (Å²) in [5.74, 6) is 0.953.